The molecule has 28 heteroatoms. The highest BCUT2D eigenvalue weighted by molar-refractivity contribution is 5.93. The number of carbonyl (C=O) groups excluding carboxylic acids is 1. The van der Waals surface area contributed by atoms with Crippen LogP contribution in [0.25, 0.3) is 28.2 Å². The number of fused-ring (bicyclic) bond motifs is 5. The van der Waals surface area contributed by atoms with Gasteiger partial charge in [0.15, 0.2) is 57.5 Å². The summed E-state index contributed by atoms with van der Waals surface area (Å²) in [6, 6.07) is 69.8. The number of hydrogen-bond donors (Lipinski definition) is 3. The summed E-state index contributed by atoms with van der Waals surface area (Å²) in [5.74, 6) is 8.04. The molecule has 0 aliphatic rings. The van der Waals surface area contributed by atoms with E-state index in [1.807, 2.05) is 179 Å². The van der Waals surface area contributed by atoms with Crippen molar-refractivity contribution in [3.8, 4) is 0 Å². The number of carbonyl (C=O) groups is 1. The Balaban J connectivity index is 0.000000132. The average Bonchev–Trinajstić information content (AvgIpc) is 1.71. The molecule has 10 heterocycles. The number of rotatable bonds is 17. The minimum absolute atomic E-state index is 0.107. The molecule has 0 aliphatic heterocycles. The molecule has 3 N–H and O–H groups in total. The van der Waals surface area contributed by atoms with E-state index in [9.17, 15) is 4.79 Å². The van der Waals surface area contributed by atoms with Crippen molar-refractivity contribution in [1.82, 2.24) is 104 Å². The van der Waals surface area contributed by atoms with Crippen LogP contribution in [-0.2, 0) is 0 Å². The van der Waals surface area contributed by atoms with E-state index in [1.54, 1.807) is 22.6 Å². The number of anilines is 6. The van der Waals surface area contributed by atoms with Gasteiger partial charge in [0, 0.05) is 46.8 Å². The lowest BCUT2D eigenvalue weighted by Gasteiger charge is -2.26. The van der Waals surface area contributed by atoms with E-state index in [0.717, 1.165) is 69.2 Å². The number of aromatic nitrogens is 20. The molecule has 0 fully saturated rings. The molecular weight excluding hydrogens is 1320 g/mol. The third-order valence-corrected chi connectivity index (χ3v) is 18.3. The fourth-order valence-electron chi connectivity index (χ4n) is 11.4. The second-order valence-electron chi connectivity index (χ2n) is 25.3. The highest BCUT2D eigenvalue weighted by atomic mass is 16.2. The molecule has 2 unspecified atom stereocenters. The number of nitrogens with zero attached hydrogens (tertiary/aromatic N) is 24. The molecule has 5 aromatic carbocycles. The molecule has 0 saturated heterocycles. The second kappa shape index (κ2) is 33.7. The Labute approximate surface area is 609 Å². The number of nitrogens with one attached hydrogen (secondary N) is 3. The standard InChI is InChI=1S/C18H23N7O.3C15H17N5.C14H15N5/c1-5-19-18(26)20-15-11-16(23-25-13(3)21-22-17(15)25)24(4)12(2)14-9-7-6-8-10-14;3*1-11(13-7-5-4-6-8-13)19(3)15-10-9-14-17-16-12(2)20(14)18-15;1-10(12-6-4-3-5-7-12)15-13-8-9-14-17-16-11(2)19(14)18-13/h6-12H,5H2,1-4H3,(H2,19,20,26);3*4-11H,1-3H3;3-10H,1-2H3,(H,15,18)/t12-;2*11-;;/m010../s1. The minimum Gasteiger partial charge on any atom is -0.362 e. The third-order valence-electron chi connectivity index (χ3n) is 18.3. The van der Waals surface area contributed by atoms with Gasteiger partial charge >= 0.3 is 6.03 Å². The molecular formula is C77H89N27O. The van der Waals surface area contributed by atoms with Gasteiger partial charge in [-0.3, -0.25) is 0 Å². The van der Waals surface area contributed by atoms with Crippen molar-refractivity contribution in [2.75, 3.05) is 65.0 Å². The zero-order valence-corrected chi connectivity index (χ0v) is 61.9. The second-order valence-corrected chi connectivity index (χ2v) is 25.3. The van der Waals surface area contributed by atoms with E-state index >= 15 is 0 Å². The van der Waals surface area contributed by atoms with E-state index in [2.05, 4.69) is 244 Å². The quantitative estimate of drug-likeness (QED) is 0.0763. The number of aryl methyl sites for hydroxylation is 5. The number of amides is 2. The Kier molecular flexibility index (Phi) is 23.6. The fourth-order valence-corrected chi connectivity index (χ4v) is 11.4. The number of urea groups is 1. The van der Waals surface area contributed by atoms with Crippen LogP contribution in [0, 0.1) is 34.6 Å². The maximum absolute atomic E-state index is 12.0. The van der Waals surface area contributed by atoms with Gasteiger partial charge in [0.05, 0.1) is 29.9 Å². The van der Waals surface area contributed by atoms with Crippen molar-refractivity contribution in [1.29, 1.82) is 0 Å². The van der Waals surface area contributed by atoms with Gasteiger partial charge in [0.1, 0.15) is 23.3 Å². The van der Waals surface area contributed by atoms with E-state index in [-0.39, 0.29) is 36.2 Å². The highest BCUT2D eigenvalue weighted by Gasteiger charge is 2.21. The Hall–Kier alpha value is -12.9. The van der Waals surface area contributed by atoms with Crippen LogP contribution < -0.4 is 35.6 Å². The molecule has 0 spiro atoms. The summed E-state index contributed by atoms with van der Waals surface area (Å²) in [7, 11) is 8.12. The SMILES string of the molecule is CCNC(=O)Nc1cc(N(C)[C@@H](C)c2ccccc2)nn2c(C)nnc12.Cc1nnc2ccc(N(C)C(C)c3ccccc3)nn12.Cc1nnc2ccc(N(C)[C@@H](C)c3ccccc3)nn12.Cc1nnc2ccc(N(C)[C@H](C)c3ccccc3)nn12.Cc1nnc2ccc(NC(C)c3ccccc3)nn12. The van der Waals surface area contributed by atoms with Crippen LogP contribution in [0.1, 0.15) is 129 Å². The Morgan fingerprint density at radius 1 is 0.352 bits per heavy atom. The van der Waals surface area contributed by atoms with Gasteiger partial charge in [-0.25, -0.2) is 4.79 Å². The molecule has 15 aromatic rings. The molecule has 5 atom stereocenters. The summed E-state index contributed by atoms with van der Waals surface area (Å²) >= 11 is 0. The molecule has 105 heavy (non-hydrogen) atoms. The van der Waals surface area contributed by atoms with E-state index in [1.165, 1.54) is 27.8 Å². The van der Waals surface area contributed by atoms with Crippen LogP contribution in [-0.4, -0.2) is 140 Å². The first-order valence-electron chi connectivity index (χ1n) is 34.7. The van der Waals surface area contributed by atoms with Gasteiger partial charge in [-0.15, -0.1) is 76.5 Å². The van der Waals surface area contributed by atoms with Crippen molar-refractivity contribution in [3.05, 3.63) is 263 Å². The van der Waals surface area contributed by atoms with Gasteiger partial charge in [-0.1, -0.05) is 152 Å². The lowest BCUT2D eigenvalue weighted by molar-refractivity contribution is 0.252. The summed E-state index contributed by atoms with van der Waals surface area (Å²) in [4.78, 5) is 20.5. The van der Waals surface area contributed by atoms with Crippen LogP contribution in [0.3, 0.4) is 0 Å². The van der Waals surface area contributed by atoms with Crippen LogP contribution in [0.4, 0.5) is 39.6 Å². The molecule has 2 amide bonds. The monoisotopic (exact) mass is 1410 g/mol. The molecule has 15 rings (SSSR count). The smallest absolute Gasteiger partial charge is 0.319 e. The summed E-state index contributed by atoms with van der Waals surface area (Å²) in [6.07, 6.45) is 0. The van der Waals surface area contributed by atoms with E-state index in [0.29, 0.717) is 29.5 Å². The average molecular weight is 1410 g/mol. The largest absolute Gasteiger partial charge is 0.362 e. The maximum atomic E-state index is 12.0. The van der Waals surface area contributed by atoms with Gasteiger partial charge in [0.2, 0.25) is 5.65 Å². The van der Waals surface area contributed by atoms with Crippen molar-refractivity contribution in [2.45, 2.75) is 106 Å². The van der Waals surface area contributed by atoms with Crippen LogP contribution in [0.5, 0.6) is 0 Å². The fraction of sp³-hybridized carbons (Fsp3) is 0.273. The zero-order chi connectivity index (χ0) is 74.3. The van der Waals surface area contributed by atoms with Crippen LogP contribution >= 0.6 is 0 Å². The van der Waals surface area contributed by atoms with Crippen molar-refractivity contribution in [2.24, 2.45) is 0 Å². The molecule has 538 valence electrons. The lowest BCUT2D eigenvalue weighted by atomic mass is 10.1. The van der Waals surface area contributed by atoms with Gasteiger partial charge in [0.25, 0.3) is 0 Å². The Morgan fingerprint density at radius 3 is 1.00 bits per heavy atom. The van der Waals surface area contributed by atoms with E-state index < -0.39 is 0 Å². The first kappa shape index (κ1) is 73.3. The minimum atomic E-state index is -0.286. The Bertz CT molecular complexity index is 4980. The highest BCUT2D eigenvalue weighted by Crippen LogP contribution is 2.30. The topological polar surface area (TPSA) is 282 Å². The number of hydrogen-bond acceptors (Lipinski definition) is 21. The first-order chi connectivity index (χ1) is 50.7. The van der Waals surface area contributed by atoms with Crippen molar-refractivity contribution >= 4 is 69.0 Å². The third kappa shape index (κ3) is 17.5. The predicted octanol–water partition coefficient (Wildman–Crippen LogP) is 13.3. The normalized spacial score (nSPS) is 12.4. The molecule has 10 aromatic heterocycles. The molecule has 0 radical (unpaired) electrons. The molecule has 28 nitrogen and oxygen atoms in total. The number of benzene rings is 5. The maximum Gasteiger partial charge on any atom is 0.319 e. The summed E-state index contributed by atoms with van der Waals surface area (Å²) in [5.41, 5.74) is 10.3. The van der Waals surface area contributed by atoms with Crippen LogP contribution in [0.15, 0.2) is 206 Å². The van der Waals surface area contributed by atoms with Crippen molar-refractivity contribution < 1.29 is 4.79 Å². The van der Waals surface area contributed by atoms with Crippen LogP contribution in [0.2, 0.25) is 0 Å². The molecule has 0 aliphatic carbocycles. The summed E-state index contributed by atoms with van der Waals surface area (Å²) < 4.78 is 8.68. The van der Waals surface area contributed by atoms with Gasteiger partial charge < -0.3 is 35.6 Å². The zero-order valence-electron chi connectivity index (χ0n) is 61.9. The van der Waals surface area contributed by atoms with Gasteiger partial charge in [-0.05, 0) is 153 Å². The molecule has 0 bridgehead atoms. The Morgan fingerprint density at radius 2 is 0.648 bits per heavy atom. The van der Waals surface area contributed by atoms with Gasteiger partial charge in [-0.2, -0.15) is 22.6 Å². The lowest BCUT2D eigenvalue weighted by Crippen LogP contribution is -2.29. The summed E-state index contributed by atoms with van der Waals surface area (Å²) in [5, 5.41) is 72.3. The van der Waals surface area contributed by atoms with Crippen molar-refractivity contribution in [3.63, 3.8) is 0 Å². The summed E-state index contributed by atoms with van der Waals surface area (Å²) in [6.45, 7) is 22.5. The van der Waals surface area contributed by atoms with E-state index in [4.69, 9.17) is 0 Å². The predicted molar refractivity (Wildman–Crippen MR) is 412 cm³/mol. The first-order valence-corrected chi connectivity index (χ1v) is 34.7. The molecule has 0 saturated carbocycles.